The van der Waals surface area contributed by atoms with Gasteiger partial charge in [0.25, 0.3) is 0 Å². The highest BCUT2D eigenvalue weighted by atomic mass is 127. The Morgan fingerprint density at radius 2 is 1.76 bits per heavy atom. The van der Waals surface area contributed by atoms with Gasteiger partial charge in [0.1, 0.15) is 24.2 Å². The number of aryl methyl sites for hydroxylation is 1. The molecule has 226 valence electrons. The van der Waals surface area contributed by atoms with Gasteiger partial charge in [0.05, 0.1) is 12.7 Å². The molecule has 2 fully saturated rings. The molecule has 0 radical (unpaired) electrons. The fraction of sp³-hybridized carbons (Fsp3) is 0.484. The molecule has 0 saturated carbocycles. The number of para-hydroxylation sites is 1. The van der Waals surface area contributed by atoms with Crippen LogP contribution in [0.2, 0.25) is 0 Å². The van der Waals surface area contributed by atoms with Gasteiger partial charge in [-0.15, -0.1) is 0 Å². The topological polar surface area (TPSA) is 96.5 Å². The van der Waals surface area contributed by atoms with E-state index in [0.717, 1.165) is 30.5 Å². The number of piperidine rings is 2. The van der Waals surface area contributed by atoms with Crippen molar-refractivity contribution >= 4 is 50.1 Å². The Morgan fingerprint density at radius 3 is 2.48 bits per heavy atom. The molecule has 3 aliphatic heterocycles. The summed E-state index contributed by atoms with van der Waals surface area (Å²) in [5, 5.41) is 0. The molecule has 0 unspecified atom stereocenters. The number of halogens is 1. The van der Waals surface area contributed by atoms with Crippen molar-refractivity contribution in [1.82, 2.24) is 9.21 Å². The number of hydrogen-bond donors (Lipinski definition) is 0. The highest BCUT2D eigenvalue weighted by molar-refractivity contribution is 14.1. The normalized spacial score (nSPS) is 19.2. The van der Waals surface area contributed by atoms with Crippen LogP contribution in [0.15, 0.2) is 52.6 Å². The number of carbonyl (C=O) groups excluding carboxylic acids is 2. The molecule has 0 bridgehead atoms. The number of fused-ring (bicyclic) bond motifs is 1. The zero-order valence-corrected chi connectivity index (χ0v) is 26.9. The Balaban J connectivity index is 1.20. The molecule has 0 spiro atoms. The van der Waals surface area contributed by atoms with Gasteiger partial charge in [-0.05, 0) is 60.0 Å². The first-order chi connectivity index (χ1) is 20.2. The predicted octanol–water partition coefficient (Wildman–Crippen LogP) is 4.33. The molecule has 3 aliphatic rings. The summed E-state index contributed by atoms with van der Waals surface area (Å²) in [4.78, 5) is 30.1. The summed E-state index contributed by atoms with van der Waals surface area (Å²) in [6.45, 7) is 2.47. The minimum atomic E-state index is -3.19. The smallest absolute Gasteiger partial charge is 0.227 e. The van der Waals surface area contributed by atoms with Crippen LogP contribution in [0.25, 0.3) is 0 Å². The minimum absolute atomic E-state index is 0.0370. The molecular weight excluding hydrogens is 669 g/mol. The maximum Gasteiger partial charge on any atom is 0.227 e. The number of amides is 2. The maximum absolute atomic E-state index is 13.4. The van der Waals surface area contributed by atoms with Gasteiger partial charge in [0.2, 0.25) is 21.8 Å². The predicted molar refractivity (Wildman–Crippen MR) is 171 cm³/mol. The number of carbonyl (C=O) groups is 2. The average molecular weight is 708 g/mol. The molecule has 11 heteroatoms. The van der Waals surface area contributed by atoms with Gasteiger partial charge in [-0.2, -0.15) is 0 Å². The third-order valence-electron chi connectivity index (χ3n) is 8.29. The Kier molecular flexibility index (Phi) is 10.1. The lowest BCUT2D eigenvalue weighted by molar-refractivity contribution is -0.131. The van der Waals surface area contributed by atoms with Crippen molar-refractivity contribution in [2.45, 2.75) is 57.1 Å². The number of ether oxygens (including phenoxy) is 2. The van der Waals surface area contributed by atoms with E-state index < -0.39 is 10.0 Å². The SMILES string of the molecule is CS(=O)(=O)N1CCC(Oc2ccc(CC(=O)N3CCC(N4C(=O)CCc5ccccc54)CC3)c(OC/C=C\I)c2)CC1. The molecule has 5 rings (SSSR count). The van der Waals surface area contributed by atoms with E-state index in [1.165, 1.54) is 16.1 Å². The lowest BCUT2D eigenvalue weighted by Crippen LogP contribution is -2.50. The molecule has 42 heavy (non-hydrogen) atoms. The van der Waals surface area contributed by atoms with Crippen LogP contribution in [0.4, 0.5) is 5.69 Å². The van der Waals surface area contributed by atoms with Crippen LogP contribution in [0.3, 0.4) is 0 Å². The minimum Gasteiger partial charge on any atom is -0.490 e. The van der Waals surface area contributed by atoms with E-state index in [9.17, 15) is 18.0 Å². The Labute approximate surface area is 262 Å². The van der Waals surface area contributed by atoms with Crippen molar-refractivity contribution < 1.29 is 27.5 Å². The van der Waals surface area contributed by atoms with Gasteiger partial charge in [-0.25, -0.2) is 12.7 Å². The van der Waals surface area contributed by atoms with E-state index in [0.29, 0.717) is 63.5 Å². The summed E-state index contributed by atoms with van der Waals surface area (Å²) in [5.74, 6) is 1.46. The van der Waals surface area contributed by atoms with Crippen LogP contribution in [0, 0.1) is 0 Å². The molecule has 0 atom stereocenters. The summed E-state index contributed by atoms with van der Waals surface area (Å²) in [6, 6.07) is 13.8. The second kappa shape index (κ2) is 13.8. The number of rotatable bonds is 9. The summed E-state index contributed by atoms with van der Waals surface area (Å²) in [5.41, 5.74) is 3.03. The third kappa shape index (κ3) is 7.46. The summed E-state index contributed by atoms with van der Waals surface area (Å²) in [6.07, 6.45) is 7.31. The zero-order valence-electron chi connectivity index (χ0n) is 23.9. The van der Waals surface area contributed by atoms with Gasteiger partial charge in [0, 0.05) is 56.0 Å². The van der Waals surface area contributed by atoms with Crippen molar-refractivity contribution in [3.05, 3.63) is 63.8 Å². The maximum atomic E-state index is 13.4. The van der Waals surface area contributed by atoms with E-state index in [-0.39, 0.29) is 30.4 Å². The lowest BCUT2D eigenvalue weighted by Gasteiger charge is -2.41. The Morgan fingerprint density at radius 1 is 1.02 bits per heavy atom. The number of sulfonamides is 1. The summed E-state index contributed by atoms with van der Waals surface area (Å²) < 4.78 is 39.2. The zero-order chi connectivity index (χ0) is 29.7. The molecule has 2 aromatic carbocycles. The van der Waals surface area contributed by atoms with Gasteiger partial charge in [-0.3, -0.25) is 9.59 Å². The number of benzene rings is 2. The average Bonchev–Trinajstić information content (AvgIpc) is 2.98. The second-order valence-corrected chi connectivity index (χ2v) is 13.8. The van der Waals surface area contributed by atoms with Crippen LogP contribution in [-0.2, 0) is 32.5 Å². The lowest BCUT2D eigenvalue weighted by atomic mass is 9.95. The number of hydrogen-bond acceptors (Lipinski definition) is 6. The third-order valence-corrected chi connectivity index (χ3v) is 10.1. The number of nitrogens with zero attached hydrogens (tertiary/aromatic N) is 3. The number of anilines is 1. The standard InChI is InChI=1S/C31H38IN3O6S/c1-42(38,39)34-18-13-26(14-19-34)41-27-9-7-24(29(22-27)40-20-4-15-32)21-31(37)33-16-11-25(12-17-33)35-28-6-3-2-5-23(28)8-10-30(35)36/h2-7,9,15,22,25-26H,8,10-14,16-21H2,1H3/b15-4-. The van der Waals surface area contributed by atoms with Crippen molar-refractivity contribution in [2.75, 3.05) is 43.9 Å². The van der Waals surface area contributed by atoms with E-state index in [2.05, 4.69) is 28.7 Å². The fourth-order valence-corrected chi connectivity index (χ4v) is 7.12. The highest BCUT2D eigenvalue weighted by Crippen LogP contribution is 2.33. The molecule has 3 heterocycles. The Hall–Kier alpha value is -2.64. The van der Waals surface area contributed by atoms with Gasteiger partial charge < -0.3 is 19.3 Å². The van der Waals surface area contributed by atoms with Crippen molar-refractivity contribution in [3.63, 3.8) is 0 Å². The molecule has 9 nitrogen and oxygen atoms in total. The summed E-state index contributed by atoms with van der Waals surface area (Å²) in [7, 11) is -3.19. The second-order valence-electron chi connectivity index (χ2n) is 11.1. The molecule has 2 aromatic rings. The van der Waals surface area contributed by atoms with E-state index in [1.54, 1.807) is 0 Å². The van der Waals surface area contributed by atoms with E-state index in [4.69, 9.17) is 9.47 Å². The quantitative estimate of drug-likeness (QED) is 0.361. The molecule has 0 aromatic heterocycles. The van der Waals surface area contributed by atoms with Crippen molar-refractivity contribution in [1.29, 1.82) is 0 Å². The fourth-order valence-electron chi connectivity index (χ4n) is 6.04. The largest absolute Gasteiger partial charge is 0.490 e. The van der Waals surface area contributed by atoms with Crippen molar-refractivity contribution in [3.8, 4) is 11.5 Å². The number of likely N-dealkylation sites (tertiary alicyclic amines) is 1. The molecule has 2 saturated heterocycles. The highest BCUT2D eigenvalue weighted by Gasteiger charge is 2.34. The molecular formula is C31H38IN3O6S. The van der Waals surface area contributed by atoms with Crippen LogP contribution in [0.5, 0.6) is 11.5 Å². The van der Waals surface area contributed by atoms with Gasteiger partial charge in [0.15, 0.2) is 0 Å². The summed E-state index contributed by atoms with van der Waals surface area (Å²) >= 11 is 2.14. The van der Waals surface area contributed by atoms with Crippen molar-refractivity contribution in [2.24, 2.45) is 0 Å². The molecule has 0 aliphatic carbocycles. The van der Waals surface area contributed by atoms with E-state index >= 15 is 0 Å². The first-order valence-corrected chi connectivity index (χ1v) is 17.6. The molecule has 2 amide bonds. The Bertz CT molecular complexity index is 1420. The van der Waals surface area contributed by atoms with Crippen LogP contribution >= 0.6 is 22.6 Å². The van der Waals surface area contributed by atoms with Gasteiger partial charge in [-0.1, -0.05) is 46.9 Å². The van der Waals surface area contributed by atoms with Crippen LogP contribution < -0.4 is 14.4 Å². The van der Waals surface area contributed by atoms with Crippen LogP contribution in [-0.4, -0.2) is 80.6 Å². The molecule has 0 N–H and O–H groups in total. The van der Waals surface area contributed by atoms with Gasteiger partial charge >= 0.3 is 0 Å². The first kappa shape index (κ1) is 30.8. The first-order valence-electron chi connectivity index (χ1n) is 14.5. The van der Waals surface area contributed by atoms with Crippen LogP contribution in [0.1, 0.15) is 43.2 Å². The van der Waals surface area contributed by atoms with E-state index in [1.807, 2.05) is 56.4 Å². The monoisotopic (exact) mass is 707 g/mol.